The quantitative estimate of drug-likeness (QED) is 0.350. The lowest BCUT2D eigenvalue weighted by Gasteiger charge is -2.16. The SMILES string of the molecule is C=CCn1c(SCC(=O)C(C)(C)C)nc2scc(-c3ccco3)c2c1=O. The summed E-state index contributed by atoms with van der Waals surface area (Å²) in [6.45, 7) is 9.73. The summed E-state index contributed by atoms with van der Waals surface area (Å²) in [7, 11) is 0. The minimum atomic E-state index is -0.421. The maximum atomic E-state index is 13.1. The predicted octanol–water partition coefficient (Wildman–Crippen LogP) is 4.61. The fourth-order valence-corrected chi connectivity index (χ4v) is 4.50. The molecule has 0 fully saturated rings. The van der Waals surface area contributed by atoms with E-state index in [1.165, 1.54) is 23.1 Å². The van der Waals surface area contributed by atoms with Crippen LogP contribution in [0.5, 0.6) is 0 Å². The van der Waals surface area contributed by atoms with Gasteiger partial charge >= 0.3 is 0 Å². The van der Waals surface area contributed by atoms with Crippen LogP contribution in [0.4, 0.5) is 0 Å². The summed E-state index contributed by atoms with van der Waals surface area (Å²) in [5.41, 5.74) is 0.177. The van der Waals surface area contributed by atoms with Gasteiger partial charge in [-0.25, -0.2) is 4.98 Å². The van der Waals surface area contributed by atoms with Crippen molar-refractivity contribution in [1.82, 2.24) is 9.55 Å². The molecule has 3 aromatic heterocycles. The summed E-state index contributed by atoms with van der Waals surface area (Å²) >= 11 is 2.69. The number of carbonyl (C=O) groups excluding carboxylic acids is 1. The fourth-order valence-electron chi connectivity index (χ4n) is 2.37. The minimum Gasteiger partial charge on any atom is -0.464 e. The van der Waals surface area contributed by atoms with Crippen LogP contribution in [0, 0.1) is 5.41 Å². The Labute approximate surface area is 159 Å². The molecular weight excluding hydrogens is 368 g/mol. The Balaban J connectivity index is 2.07. The van der Waals surface area contributed by atoms with Gasteiger partial charge in [0.25, 0.3) is 5.56 Å². The predicted molar refractivity (Wildman–Crippen MR) is 107 cm³/mol. The Bertz CT molecular complexity index is 1010. The number of furan rings is 1. The Morgan fingerprint density at radius 2 is 2.23 bits per heavy atom. The third kappa shape index (κ3) is 3.54. The topological polar surface area (TPSA) is 65.1 Å². The lowest BCUT2D eigenvalue weighted by Crippen LogP contribution is -2.25. The Morgan fingerprint density at radius 3 is 2.85 bits per heavy atom. The molecule has 0 spiro atoms. The van der Waals surface area contributed by atoms with E-state index in [0.717, 1.165) is 5.56 Å². The highest BCUT2D eigenvalue weighted by molar-refractivity contribution is 7.99. The Kier molecular flexibility index (Phi) is 5.20. The van der Waals surface area contributed by atoms with Crippen LogP contribution in [0.15, 0.2) is 50.8 Å². The van der Waals surface area contributed by atoms with Gasteiger partial charge in [0.2, 0.25) is 0 Å². The molecule has 0 aromatic carbocycles. The average Bonchev–Trinajstić information content (AvgIpc) is 3.23. The molecule has 0 bridgehead atoms. The van der Waals surface area contributed by atoms with Crippen molar-refractivity contribution < 1.29 is 9.21 Å². The van der Waals surface area contributed by atoms with Gasteiger partial charge in [0.1, 0.15) is 16.4 Å². The highest BCUT2D eigenvalue weighted by atomic mass is 32.2. The molecule has 3 rings (SSSR count). The summed E-state index contributed by atoms with van der Waals surface area (Å²) in [5, 5.41) is 2.95. The van der Waals surface area contributed by atoms with Crippen molar-refractivity contribution in [2.45, 2.75) is 32.5 Å². The number of Topliss-reactive ketones (excluding diaryl/α,β-unsaturated/α-hetero) is 1. The molecule has 26 heavy (non-hydrogen) atoms. The third-order valence-electron chi connectivity index (χ3n) is 3.93. The first-order valence-electron chi connectivity index (χ1n) is 8.16. The van der Waals surface area contributed by atoms with Gasteiger partial charge in [-0.1, -0.05) is 38.6 Å². The molecule has 0 radical (unpaired) electrons. The summed E-state index contributed by atoms with van der Waals surface area (Å²) in [5.74, 6) is 1.03. The summed E-state index contributed by atoms with van der Waals surface area (Å²) in [6, 6.07) is 3.61. The summed E-state index contributed by atoms with van der Waals surface area (Å²) < 4.78 is 7.01. The highest BCUT2D eigenvalue weighted by Crippen LogP contribution is 2.32. The average molecular weight is 389 g/mol. The van der Waals surface area contributed by atoms with E-state index in [4.69, 9.17) is 4.42 Å². The number of ketones is 1. The van der Waals surface area contributed by atoms with Crippen LogP contribution in [-0.4, -0.2) is 21.1 Å². The van der Waals surface area contributed by atoms with Crippen molar-refractivity contribution >= 4 is 39.1 Å². The molecule has 0 unspecified atom stereocenters. The largest absolute Gasteiger partial charge is 0.464 e. The Morgan fingerprint density at radius 1 is 1.46 bits per heavy atom. The molecule has 0 aliphatic heterocycles. The van der Waals surface area contributed by atoms with Crippen molar-refractivity contribution in [2.24, 2.45) is 5.41 Å². The molecule has 0 atom stereocenters. The number of hydrogen-bond donors (Lipinski definition) is 0. The van der Waals surface area contributed by atoms with Gasteiger partial charge in [0.05, 0.1) is 17.4 Å². The van der Waals surface area contributed by atoms with Crippen LogP contribution in [-0.2, 0) is 11.3 Å². The molecule has 136 valence electrons. The summed E-state index contributed by atoms with van der Waals surface area (Å²) in [6.07, 6.45) is 3.24. The second-order valence-corrected chi connectivity index (χ2v) is 8.67. The van der Waals surface area contributed by atoms with E-state index < -0.39 is 5.41 Å². The van der Waals surface area contributed by atoms with Crippen LogP contribution in [0.25, 0.3) is 21.5 Å². The zero-order valence-electron chi connectivity index (χ0n) is 14.9. The fraction of sp³-hybridized carbons (Fsp3) is 0.316. The first kappa shape index (κ1) is 18.7. The molecule has 7 heteroatoms. The van der Waals surface area contributed by atoms with E-state index in [0.29, 0.717) is 27.7 Å². The van der Waals surface area contributed by atoms with Crippen LogP contribution in [0.1, 0.15) is 20.8 Å². The molecule has 0 N–H and O–H groups in total. The number of hydrogen-bond acceptors (Lipinski definition) is 6. The molecular formula is C19H20N2O3S2. The van der Waals surface area contributed by atoms with E-state index in [9.17, 15) is 9.59 Å². The number of thiophene rings is 1. The molecule has 0 amide bonds. The normalized spacial score (nSPS) is 11.8. The monoisotopic (exact) mass is 388 g/mol. The van der Waals surface area contributed by atoms with Crippen molar-refractivity contribution in [3.05, 3.63) is 46.8 Å². The second-order valence-electron chi connectivity index (χ2n) is 6.87. The van der Waals surface area contributed by atoms with Gasteiger partial charge in [0.15, 0.2) is 5.16 Å². The molecule has 0 aliphatic carbocycles. The van der Waals surface area contributed by atoms with Crippen LogP contribution in [0.3, 0.4) is 0 Å². The third-order valence-corrected chi connectivity index (χ3v) is 5.77. The van der Waals surface area contributed by atoms with Gasteiger partial charge in [-0.15, -0.1) is 17.9 Å². The van der Waals surface area contributed by atoms with Crippen molar-refractivity contribution in [3.8, 4) is 11.3 Å². The van der Waals surface area contributed by atoms with Crippen molar-refractivity contribution in [1.29, 1.82) is 0 Å². The van der Waals surface area contributed by atoms with Crippen molar-refractivity contribution in [2.75, 3.05) is 5.75 Å². The minimum absolute atomic E-state index is 0.115. The number of fused-ring (bicyclic) bond motifs is 1. The van der Waals surface area contributed by atoms with E-state index in [1.807, 2.05) is 32.2 Å². The second kappa shape index (κ2) is 7.25. The number of allylic oxidation sites excluding steroid dienone is 1. The van der Waals surface area contributed by atoms with Crippen LogP contribution < -0.4 is 5.56 Å². The summed E-state index contributed by atoms with van der Waals surface area (Å²) in [4.78, 5) is 30.6. The zero-order chi connectivity index (χ0) is 18.9. The van der Waals surface area contributed by atoms with Crippen LogP contribution >= 0.6 is 23.1 Å². The lowest BCUT2D eigenvalue weighted by atomic mass is 9.92. The van der Waals surface area contributed by atoms with E-state index in [-0.39, 0.29) is 17.1 Å². The van der Waals surface area contributed by atoms with Gasteiger partial charge in [0, 0.05) is 22.9 Å². The van der Waals surface area contributed by atoms with Gasteiger partial charge < -0.3 is 4.42 Å². The zero-order valence-corrected chi connectivity index (χ0v) is 16.6. The maximum absolute atomic E-state index is 13.1. The molecule has 0 aliphatic rings. The Hall–Kier alpha value is -2.12. The van der Waals surface area contributed by atoms with Crippen LogP contribution in [0.2, 0.25) is 0 Å². The number of thioether (sulfide) groups is 1. The smallest absolute Gasteiger partial charge is 0.263 e. The van der Waals surface area contributed by atoms with Crippen molar-refractivity contribution in [3.63, 3.8) is 0 Å². The number of nitrogens with zero attached hydrogens (tertiary/aromatic N) is 2. The number of aromatic nitrogens is 2. The lowest BCUT2D eigenvalue weighted by molar-refractivity contribution is -0.123. The first-order valence-corrected chi connectivity index (χ1v) is 10.0. The number of carbonyl (C=O) groups is 1. The van der Waals surface area contributed by atoms with Gasteiger partial charge in [-0.3, -0.25) is 14.2 Å². The van der Waals surface area contributed by atoms with Gasteiger partial charge in [-0.2, -0.15) is 0 Å². The molecule has 0 saturated carbocycles. The molecule has 3 heterocycles. The van der Waals surface area contributed by atoms with Gasteiger partial charge in [-0.05, 0) is 12.1 Å². The molecule has 5 nitrogen and oxygen atoms in total. The highest BCUT2D eigenvalue weighted by Gasteiger charge is 2.23. The first-order chi connectivity index (χ1) is 12.3. The molecule has 3 aromatic rings. The standard InChI is InChI=1S/C19H20N2O3S2/c1-5-8-21-17(23)15-12(13-7-6-9-24-13)10-25-16(15)20-18(21)26-11-14(22)19(2,3)4/h5-7,9-10H,1,8,11H2,2-4H3. The number of rotatable bonds is 6. The molecule has 0 saturated heterocycles. The van der Waals surface area contributed by atoms with E-state index >= 15 is 0 Å². The van der Waals surface area contributed by atoms with E-state index in [1.54, 1.807) is 23.0 Å². The maximum Gasteiger partial charge on any atom is 0.263 e. The van der Waals surface area contributed by atoms with E-state index in [2.05, 4.69) is 11.6 Å².